The number of likely N-dealkylation sites (N-methyl/N-ethyl adjacent to an activating group) is 2. The summed E-state index contributed by atoms with van der Waals surface area (Å²) in [5.41, 5.74) is -12.2. The number of aliphatic hydroxyl groups excluding tert-OH is 5. The number of allylic oxidation sites excluding steroid dienone is 14. The molecule has 0 aliphatic carbocycles. The van der Waals surface area contributed by atoms with E-state index in [4.69, 9.17) is 23.0 Å². The number of amides is 4. The monoisotopic (exact) mass is 1330 g/mol. The first-order chi connectivity index (χ1) is 44.7. The van der Waals surface area contributed by atoms with Crippen LogP contribution in [0.15, 0.2) is 155 Å². The highest BCUT2D eigenvalue weighted by Gasteiger charge is 2.76. The van der Waals surface area contributed by atoms with Crippen molar-refractivity contribution in [3.05, 3.63) is 157 Å². The van der Waals surface area contributed by atoms with Gasteiger partial charge in [0.05, 0.1) is 78.3 Å². The summed E-state index contributed by atoms with van der Waals surface area (Å²) in [6.45, 7) is 13.2. The predicted octanol–water partition coefficient (Wildman–Crippen LogP) is 4.38. The maximum atomic E-state index is 14.9. The first kappa shape index (κ1) is 79.7. The number of methoxy groups -OCH3 is 2. The molecule has 0 unspecified atom stereocenters. The first-order valence-electron chi connectivity index (χ1n) is 31.5. The van der Waals surface area contributed by atoms with E-state index in [2.05, 4.69) is 20.6 Å². The van der Waals surface area contributed by atoms with Gasteiger partial charge in [-0.25, -0.2) is 19.6 Å². The number of nitrogens with zero attached hydrogens (tertiary/aromatic N) is 4. The largest absolute Gasteiger partial charge is 0.479 e. The van der Waals surface area contributed by atoms with E-state index >= 15 is 0 Å². The van der Waals surface area contributed by atoms with E-state index in [1.54, 1.807) is 129 Å². The van der Waals surface area contributed by atoms with E-state index in [0.717, 1.165) is 19.0 Å². The van der Waals surface area contributed by atoms with Crippen molar-refractivity contribution in [3.63, 3.8) is 0 Å². The third-order valence-electron chi connectivity index (χ3n) is 18.7. The highest BCUT2D eigenvalue weighted by atomic mass is 16.6. The lowest BCUT2D eigenvalue weighted by molar-refractivity contribution is -0.217. The van der Waals surface area contributed by atoms with E-state index < -0.39 is 142 Å². The molecule has 14 atom stereocenters. The summed E-state index contributed by atoms with van der Waals surface area (Å²) in [6.07, 6.45) is 28.9. The van der Waals surface area contributed by atoms with Crippen molar-refractivity contribution < 1.29 is 92.7 Å². The zero-order valence-electron chi connectivity index (χ0n) is 57.0. The lowest BCUT2D eigenvalue weighted by Gasteiger charge is -2.48. The van der Waals surface area contributed by atoms with Gasteiger partial charge in [-0.3, -0.25) is 19.2 Å². The molecule has 2 aliphatic rings. The van der Waals surface area contributed by atoms with E-state index in [1.807, 2.05) is 24.3 Å². The normalized spacial score (nSPS) is 25.4. The number of hydrogen-bond donors (Lipinski definition) is 10. The summed E-state index contributed by atoms with van der Waals surface area (Å²) in [6, 6.07) is 0. The number of carboxylic acid groups (broad SMARTS) is 1. The van der Waals surface area contributed by atoms with Crippen molar-refractivity contribution in [1.82, 2.24) is 30.4 Å². The molecule has 0 radical (unpaired) electrons. The smallest absolute Gasteiger partial charge is 0.337 e. The Morgan fingerprint density at radius 1 is 0.632 bits per heavy atom. The molecule has 95 heavy (non-hydrogen) atoms. The second-order valence-corrected chi connectivity index (χ2v) is 25.6. The number of oxazole rings is 2. The Morgan fingerprint density at radius 2 is 1.01 bits per heavy atom. The molecule has 25 nitrogen and oxygen atoms in total. The van der Waals surface area contributed by atoms with Crippen molar-refractivity contribution >= 4 is 35.6 Å². The van der Waals surface area contributed by atoms with Crippen molar-refractivity contribution in [1.29, 1.82) is 0 Å². The van der Waals surface area contributed by atoms with Gasteiger partial charge >= 0.3 is 11.9 Å². The summed E-state index contributed by atoms with van der Waals surface area (Å²) in [7, 11) is 4.58. The van der Waals surface area contributed by atoms with Crippen LogP contribution in [0.25, 0.3) is 0 Å². The molecule has 0 bridgehead atoms. The van der Waals surface area contributed by atoms with E-state index in [0.29, 0.717) is 40.4 Å². The average molecular weight is 1330 g/mol. The minimum absolute atomic E-state index is 0.0631. The summed E-state index contributed by atoms with van der Waals surface area (Å²) in [4.78, 5) is 92.3. The summed E-state index contributed by atoms with van der Waals surface area (Å²) < 4.78 is 27.8. The number of hydrogen-bond acceptors (Lipinski definition) is 20. The Bertz CT molecular complexity index is 3200. The van der Waals surface area contributed by atoms with Crippen molar-refractivity contribution in [2.24, 2.45) is 34.5 Å². The number of carboxylic acids is 1. The number of nitrogens with one attached hydrogen (secondary N) is 2. The minimum Gasteiger partial charge on any atom is -0.479 e. The topological polar surface area (TPSA) is 375 Å². The maximum Gasteiger partial charge on any atom is 0.337 e. The average Bonchev–Trinajstić information content (AvgIpc) is 1.56. The number of rotatable bonds is 37. The Hall–Kier alpha value is -7.72. The van der Waals surface area contributed by atoms with Crippen LogP contribution >= 0.6 is 0 Å². The molecule has 2 aromatic heterocycles. The Balaban J connectivity index is 1.43. The van der Waals surface area contributed by atoms with Gasteiger partial charge in [0.2, 0.25) is 29.2 Å². The standard InChI is InChI=1S/C70H100N6O19/c1-45(29-21-15-17-23-31-51-39-71-43-94-51)57(80)65(7,8)61(84)73-35-27-19-25-33-53(78)47(3)37-55(91-13)69(89)49(5)59(82)75(11)67(69,41-77)64(88)93-42-68(63(86)87)70(90,50(6)60(83)76(68)12)56(92-14)38-48(4)54(79)34-26-20-28-36-74-62(85)66(9,10)58(81)46(2)30-22-16-18-24-32-52-40-72-44-95-52/h15-30,33-34,39-40,43-44,47-50,53-58,77-81,89-90H,31-32,35-38,41-42H2,1-14H3,(H,73,84)(H,74,85)(H,86,87)/b21-15+,22-16+,23-17+,24-18+,27-19+,28-20+,33-25+,34-26+,45-29-,46-30-/t47-,48-,49+,50+,53+,54+,55+,56+,57-,58-,67-,68-,69-,70-/m1/s1. The Kier molecular flexibility index (Phi) is 29.6. The van der Waals surface area contributed by atoms with Crippen LogP contribution in [0.2, 0.25) is 0 Å². The lowest BCUT2D eigenvalue weighted by atomic mass is 9.69. The first-order valence-corrected chi connectivity index (χ1v) is 31.5. The van der Waals surface area contributed by atoms with Gasteiger partial charge < -0.3 is 84.3 Å². The molecular weight excluding hydrogens is 1230 g/mol. The van der Waals surface area contributed by atoms with Gasteiger partial charge in [-0.15, -0.1) is 0 Å². The van der Waals surface area contributed by atoms with Gasteiger partial charge in [-0.1, -0.05) is 137 Å². The molecule has 0 spiro atoms. The number of esters is 1. The van der Waals surface area contributed by atoms with Crippen LogP contribution in [0.3, 0.4) is 0 Å². The van der Waals surface area contributed by atoms with Crippen LogP contribution in [-0.4, -0.2) is 210 Å². The SMILES string of the molecule is CO[C@@H](C[C@@H](C)[C@@H](O)/C=C/C=C/CNC(=O)C(C)(C)[C@H](O)\C(C)=C/C=C/C=C/Cc1cnco1)[C@]1(O)[C@@H](C)C(=O)N(C)[C@]1(COC(=O)[C@@]1(CO)N(C)C(=O)[C@H](C)[C@@]1(O)[C@H](C[C@@H](C)[C@@H](O)/C=C/C=C/CNC(=O)C(C)(C)[C@H](O)\C(C)=C/C=C/C=C/Cc1cnco1)OC)C(=O)O. The summed E-state index contributed by atoms with van der Waals surface area (Å²) in [5.74, 6) is -9.11. The highest BCUT2D eigenvalue weighted by Crippen LogP contribution is 2.51. The van der Waals surface area contributed by atoms with Crippen LogP contribution < -0.4 is 10.6 Å². The molecule has 4 heterocycles. The molecule has 10 N–H and O–H groups in total. The minimum atomic E-state index is -2.83. The molecule has 4 rings (SSSR count). The van der Waals surface area contributed by atoms with Gasteiger partial charge in [0, 0.05) is 54.2 Å². The molecule has 25 heteroatoms. The second kappa shape index (κ2) is 35.3. The third kappa shape index (κ3) is 17.9. The number of carbonyl (C=O) groups is 6. The maximum absolute atomic E-state index is 14.9. The number of aliphatic hydroxyl groups is 7. The lowest BCUT2D eigenvalue weighted by Crippen LogP contribution is -2.73. The fourth-order valence-corrected chi connectivity index (χ4v) is 12.1. The Morgan fingerprint density at radius 3 is 1.37 bits per heavy atom. The second-order valence-electron chi connectivity index (χ2n) is 25.6. The van der Waals surface area contributed by atoms with Crippen molar-refractivity contribution in [2.75, 3.05) is 54.6 Å². The molecule has 2 aromatic rings. The van der Waals surface area contributed by atoms with Gasteiger partial charge in [-0.2, -0.15) is 0 Å². The highest BCUT2D eigenvalue weighted by molar-refractivity contribution is 5.98. The van der Waals surface area contributed by atoms with E-state index in [-0.39, 0.29) is 25.9 Å². The summed E-state index contributed by atoms with van der Waals surface area (Å²) >= 11 is 0. The molecule has 2 fully saturated rings. The molecule has 0 saturated carbocycles. The third-order valence-corrected chi connectivity index (χ3v) is 18.7. The number of aliphatic carboxylic acids is 1. The van der Waals surface area contributed by atoms with Crippen LogP contribution in [-0.2, 0) is 55.8 Å². The predicted molar refractivity (Wildman–Crippen MR) is 353 cm³/mol. The zero-order valence-corrected chi connectivity index (χ0v) is 57.0. The van der Waals surface area contributed by atoms with Gasteiger partial charge in [-0.05, 0) is 77.4 Å². The van der Waals surface area contributed by atoms with Crippen LogP contribution in [0, 0.1) is 34.5 Å². The van der Waals surface area contributed by atoms with Crippen molar-refractivity contribution in [2.45, 2.75) is 154 Å². The molecule has 4 amide bonds. The van der Waals surface area contributed by atoms with Crippen molar-refractivity contribution in [3.8, 4) is 0 Å². The number of ether oxygens (including phenoxy) is 3. The van der Waals surface area contributed by atoms with Crippen LogP contribution in [0.5, 0.6) is 0 Å². The molecule has 0 aromatic carbocycles. The zero-order chi connectivity index (χ0) is 71.3. The Labute approximate surface area is 556 Å². The molecule has 2 saturated heterocycles. The van der Waals surface area contributed by atoms with E-state index in [9.17, 15) is 69.6 Å². The number of likely N-dealkylation sites (tertiary alicyclic amines) is 2. The number of carbonyl (C=O) groups excluding carboxylic acids is 5. The van der Waals surface area contributed by atoms with Crippen LogP contribution in [0.4, 0.5) is 0 Å². The molecule has 2 aliphatic heterocycles. The van der Waals surface area contributed by atoms with Gasteiger partial charge in [0.15, 0.2) is 18.3 Å². The summed E-state index contributed by atoms with van der Waals surface area (Å²) in [5, 5.41) is 98.6. The van der Waals surface area contributed by atoms with Crippen LogP contribution in [0.1, 0.15) is 93.6 Å². The number of aromatic nitrogens is 2. The molecule has 524 valence electrons. The quantitative estimate of drug-likeness (QED) is 0.0331. The fraction of sp³-hybridized carbons (Fsp3) is 0.543. The molecular formula is C70H100N6O19. The fourth-order valence-electron chi connectivity index (χ4n) is 12.1. The van der Waals surface area contributed by atoms with E-state index in [1.165, 1.54) is 65.2 Å². The van der Waals surface area contributed by atoms with Gasteiger partial charge in [0.1, 0.15) is 29.3 Å². The van der Waals surface area contributed by atoms with Gasteiger partial charge in [0.25, 0.3) is 0 Å².